The fraction of sp³-hybridized carbons (Fsp3) is 0.692. The predicted octanol–water partition coefficient (Wildman–Crippen LogP) is 1.98. The van der Waals surface area contributed by atoms with E-state index < -0.39 is 0 Å². The second-order valence-corrected chi connectivity index (χ2v) is 5.36. The van der Waals surface area contributed by atoms with Crippen molar-refractivity contribution in [2.75, 3.05) is 18.4 Å². The zero-order chi connectivity index (χ0) is 13.8. The number of aryl methyl sites for hydroxylation is 1. The van der Waals surface area contributed by atoms with Gasteiger partial charge < -0.3 is 14.7 Å². The average Bonchev–Trinajstić information content (AvgIpc) is 2.74. The van der Waals surface area contributed by atoms with Crippen molar-refractivity contribution in [1.29, 1.82) is 0 Å². The lowest BCUT2D eigenvalue weighted by Crippen LogP contribution is -2.50. The standard InChI is InChI=1S/C13H22N4O2/c1-9(2)14-11-5-4-6-17(8-11)13(18)15-12-7-10(3)19-16-12/h7,9,11,14H,4-6,8H2,1-3H3,(H,15,16,18)/t11-/m1/s1. The molecule has 0 radical (unpaired) electrons. The van der Waals surface area contributed by atoms with E-state index in [2.05, 4.69) is 29.6 Å². The minimum atomic E-state index is -0.108. The molecule has 0 aromatic carbocycles. The number of rotatable bonds is 3. The van der Waals surface area contributed by atoms with Gasteiger partial charge in [-0.05, 0) is 19.8 Å². The van der Waals surface area contributed by atoms with Crippen LogP contribution in [0.2, 0.25) is 0 Å². The van der Waals surface area contributed by atoms with Crippen molar-refractivity contribution >= 4 is 11.8 Å². The molecular weight excluding hydrogens is 244 g/mol. The SMILES string of the molecule is Cc1cc(NC(=O)N2CCC[C@@H](NC(C)C)C2)no1. The summed E-state index contributed by atoms with van der Waals surface area (Å²) in [5.74, 6) is 1.16. The van der Waals surface area contributed by atoms with Crippen LogP contribution in [0.5, 0.6) is 0 Å². The number of piperidine rings is 1. The quantitative estimate of drug-likeness (QED) is 0.877. The summed E-state index contributed by atoms with van der Waals surface area (Å²) >= 11 is 0. The number of nitrogens with one attached hydrogen (secondary N) is 2. The van der Waals surface area contributed by atoms with Crippen LogP contribution in [0.1, 0.15) is 32.4 Å². The fourth-order valence-corrected chi connectivity index (χ4v) is 2.38. The highest BCUT2D eigenvalue weighted by atomic mass is 16.5. The molecule has 2 heterocycles. The number of aromatic nitrogens is 1. The van der Waals surface area contributed by atoms with E-state index in [1.54, 1.807) is 13.0 Å². The van der Waals surface area contributed by atoms with Gasteiger partial charge in [-0.15, -0.1) is 0 Å². The molecule has 1 aromatic heterocycles. The van der Waals surface area contributed by atoms with Crippen molar-refractivity contribution in [3.63, 3.8) is 0 Å². The number of amides is 2. The molecular formula is C13H22N4O2. The van der Waals surface area contributed by atoms with Gasteiger partial charge in [0, 0.05) is 31.2 Å². The second-order valence-electron chi connectivity index (χ2n) is 5.36. The molecule has 1 aliphatic rings. The number of likely N-dealkylation sites (tertiary alicyclic amines) is 1. The third kappa shape index (κ3) is 3.96. The molecule has 1 fully saturated rings. The zero-order valence-electron chi connectivity index (χ0n) is 11.8. The zero-order valence-corrected chi connectivity index (χ0v) is 11.8. The number of anilines is 1. The Balaban J connectivity index is 1.88. The first kappa shape index (κ1) is 13.9. The summed E-state index contributed by atoms with van der Waals surface area (Å²) in [7, 11) is 0. The summed E-state index contributed by atoms with van der Waals surface area (Å²) in [4.78, 5) is 13.9. The summed E-state index contributed by atoms with van der Waals surface area (Å²) in [5.41, 5.74) is 0. The van der Waals surface area contributed by atoms with Gasteiger partial charge in [-0.2, -0.15) is 0 Å². The van der Waals surface area contributed by atoms with Crippen LogP contribution in [0.15, 0.2) is 10.6 Å². The first-order chi connectivity index (χ1) is 9.04. The molecule has 6 nitrogen and oxygen atoms in total. The van der Waals surface area contributed by atoms with Gasteiger partial charge in [-0.25, -0.2) is 4.79 Å². The lowest BCUT2D eigenvalue weighted by atomic mass is 10.1. The molecule has 2 N–H and O–H groups in total. The van der Waals surface area contributed by atoms with Crippen LogP contribution in [-0.2, 0) is 0 Å². The third-order valence-corrected chi connectivity index (χ3v) is 3.14. The van der Waals surface area contributed by atoms with Gasteiger partial charge >= 0.3 is 6.03 Å². The van der Waals surface area contributed by atoms with Gasteiger partial charge in [0.1, 0.15) is 5.76 Å². The van der Waals surface area contributed by atoms with Crippen LogP contribution < -0.4 is 10.6 Å². The van der Waals surface area contributed by atoms with Gasteiger partial charge in [0.2, 0.25) is 0 Å². The Kier molecular flexibility index (Phi) is 4.42. The minimum Gasteiger partial charge on any atom is -0.360 e. The smallest absolute Gasteiger partial charge is 0.323 e. The Morgan fingerprint density at radius 2 is 2.37 bits per heavy atom. The van der Waals surface area contributed by atoms with Gasteiger partial charge in [-0.1, -0.05) is 19.0 Å². The molecule has 2 rings (SSSR count). The molecule has 1 saturated heterocycles. The van der Waals surface area contributed by atoms with Crippen LogP contribution in [-0.4, -0.2) is 41.3 Å². The molecule has 1 atom stereocenters. The Bertz CT molecular complexity index is 430. The van der Waals surface area contributed by atoms with E-state index in [1.807, 2.05) is 4.90 Å². The topological polar surface area (TPSA) is 70.4 Å². The van der Waals surface area contributed by atoms with Crippen molar-refractivity contribution in [2.45, 2.75) is 45.7 Å². The van der Waals surface area contributed by atoms with Crippen molar-refractivity contribution in [3.05, 3.63) is 11.8 Å². The van der Waals surface area contributed by atoms with Gasteiger partial charge in [-0.3, -0.25) is 5.32 Å². The van der Waals surface area contributed by atoms with E-state index >= 15 is 0 Å². The van der Waals surface area contributed by atoms with Crippen LogP contribution in [0.25, 0.3) is 0 Å². The maximum atomic E-state index is 12.1. The first-order valence-electron chi connectivity index (χ1n) is 6.80. The van der Waals surface area contributed by atoms with E-state index in [4.69, 9.17) is 4.52 Å². The van der Waals surface area contributed by atoms with E-state index in [-0.39, 0.29) is 6.03 Å². The molecule has 1 aliphatic heterocycles. The lowest BCUT2D eigenvalue weighted by Gasteiger charge is -2.34. The Morgan fingerprint density at radius 3 is 3.00 bits per heavy atom. The number of hydrogen-bond donors (Lipinski definition) is 2. The number of nitrogens with zero attached hydrogens (tertiary/aromatic N) is 2. The molecule has 106 valence electrons. The predicted molar refractivity (Wildman–Crippen MR) is 73.1 cm³/mol. The number of hydrogen-bond acceptors (Lipinski definition) is 4. The Morgan fingerprint density at radius 1 is 1.58 bits per heavy atom. The third-order valence-electron chi connectivity index (χ3n) is 3.14. The molecule has 0 aliphatic carbocycles. The maximum Gasteiger partial charge on any atom is 0.323 e. The molecule has 1 aromatic rings. The number of carbonyl (C=O) groups excluding carboxylic acids is 1. The largest absolute Gasteiger partial charge is 0.360 e. The number of urea groups is 1. The minimum absolute atomic E-state index is 0.108. The van der Waals surface area contributed by atoms with Crippen LogP contribution >= 0.6 is 0 Å². The van der Waals surface area contributed by atoms with Crippen molar-refractivity contribution in [1.82, 2.24) is 15.4 Å². The molecule has 0 saturated carbocycles. The summed E-state index contributed by atoms with van der Waals surface area (Å²) in [5, 5.41) is 10.0. The highest BCUT2D eigenvalue weighted by molar-refractivity contribution is 5.88. The highest BCUT2D eigenvalue weighted by Gasteiger charge is 2.24. The molecule has 6 heteroatoms. The Hall–Kier alpha value is -1.56. The van der Waals surface area contributed by atoms with E-state index in [0.29, 0.717) is 23.7 Å². The summed E-state index contributed by atoms with van der Waals surface area (Å²) in [6.45, 7) is 7.57. The average molecular weight is 266 g/mol. The van der Waals surface area contributed by atoms with E-state index in [9.17, 15) is 4.79 Å². The van der Waals surface area contributed by atoms with Crippen molar-refractivity contribution < 1.29 is 9.32 Å². The molecule has 0 bridgehead atoms. The first-order valence-corrected chi connectivity index (χ1v) is 6.80. The van der Waals surface area contributed by atoms with E-state index in [1.165, 1.54) is 0 Å². The Labute approximate surface area is 113 Å². The highest BCUT2D eigenvalue weighted by Crippen LogP contribution is 2.13. The normalized spacial score (nSPS) is 19.8. The molecule has 0 unspecified atom stereocenters. The van der Waals surface area contributed by atoms with E-state index in [0.717, 1.165) is 25.9 Å². The van der Waals surface area contributed by atoms with Gasteiger partial charge in [0.25, 0.3) is 0 Å². The number of carbonyl (C=O) groups is 1. The maximum absolute atomic E-state index is 12.1. The fourth-order valence-electron chi connectivity index (χ4n) is 2.38. The monoisotopic (exact) mass is 266 g/mol. The van der Waals surface area contributed by atoms with Crippen molar-refractivity contribution in [3.8, 4) is 0 Å². The second kappa shape index (κ2) is 6.06. The van der Waals surface area contributed by atoms with Gasteiger partial charge in [0.15, 0.2) is 5.82 Å². The lowest BCUT2D eigenvalue weighted by molar-refractivity contribution is 0.183. The van der Waals surface area contributed by atoms with Crippen LogP contribution in [0.4, 0.5) is 10.6 Å². The van der Waals surface area contributed by atoms with Crippen LogP contribution in [0, 0.1) is 6.92 Å². The molecule has 19 heavy (non-hydrogen) atoms. The van der Waals surface area contributed by atoms with Gasteiger partial charge in [0.05, 0.1) is 0 Å². The molecule has 2 amide bonds. The van der Waals surface area contributed by atoms with Crippen LogP contribution in [0.3, 0.4) is 0 Å². The summed E-state index contributed by atoms with van der Waals surface area (Å²) in [6, 6.07) is 2.42. The van der Waals surface area contributed by atoms with Crippen molar-refractivity contribution in [2.24, 2.45) is 0 Å². The summed E-state index contributed by atoms with van der Waals surface area (Å²) in [6.07, 6.45) is 2.14. The summed E-state index contributed by atoms with van der Waals surface area (Å²) < 4.78 is 4.93. The molecule has 0 spiro atoms.